The highest BCUT2D eigenvalue weighted by atomic mass is 16.5. The second kappa shape index (κ2) is 5.84. The molecule has 1 aliphatic heterocycles. The van der Waals surface area contributed by atoms with Crippen molar-refractivity contribution in [3.05, 3.63) is 34.2 Å². The van der Waals surface area contributed by atoms with Crippen LogP contribution in [0.25, 0.3) is 0 Å². The van der Waals surface area contributed by atoms with Crippen molar-refractivity contribution < 1.29 is 9.53 Å². The average Bonchev–Trinajstić information content (AvgIpc) is 2.38. The number of ether oxygens (including phenoxy) is 1. The van der Waals surface area contributed by atoms with Crippen molar-refractivity contribution in [1.29, 1.82) is 0 Å². The van der Waals surface area contributed by atoms with E-state index in [9.17, 15) is 9.70 Å². The zero-order chi connectivity index (χ0) is 13.0. The fourth-order valence-electron chi connectivity index (χ4n) is 2.17. The zero-order valence-corrected chi connectivity index (χ0v) is 10.3. The van der Waals surface area contributed by atoms with Gasteiger partial charge in [0.2, 0.25) is 0 Å². The second-order valence-corrected chi connectivity index (χ2v) is 4.52. The van der Waals surface area contributed by atoms with Crippen LogP contribution >= 0.6 is 0 Å². The predicted molar refractivity (Wildman–Crippen MR) is 68.0 cm³/mol. The molecule has 2 rings (SSSR count). The summed E-state index contributed by atoms with van der Waals surface area (Å²) in [6.07, 6.45) is 0.905. The third kappa shape index (κ3) is 3.00. The Labute approximate surface area is 106 Å². The van der Waals surface area contributed by atoms with Gasteiger partial charge in [0.1, 0.15) is 5.69 Å². The maximum Gasteiger partial charge on any atom is 0.152 e. The van der Waals surface area contributed by atoms with Gasteiger partial charge in [0.25, 0.3) is 0 Å². The van der Waals surface area contributed by atoms with E-state index in [1.54, 1.807) is 12.1 Å². The van der Waals surface area contributed by atoms with Gasteiger partial charge in [-0.05, 0) is 29.8 Å². The number of hydrogen-bond donors (Lipinski definition) is 0. The summed E-state index contributed by atoms with van der Waals surface area (Å²) in [5.74, 6) is 0. The molecule has 5 nitrogen and oxygen atoms in total. The molecule has 1 aliphatic rings. The SMILES string of the molecule is C[C@H]1CN(Cc2ccc(N=O)c(C=O)c2)CCO1. The quantitative estimate of drug-likeness (QED) is 0.605. The number of carbonyl (C=O) groups is 1. The molecule has 0 unspecified atom stereocenters. The Morgan fingerprint density at radius 3 is 3.06 bits per heavy atom. The Bertz CT molecular complexity index is 448. The van der Waals surface area contributed by atoms with Gasteiger partial charge in [-0.25, -0.2) is 0 Å². The van der Waals surface area contributed by atoms with Crippen LogP contribution in [0, 0.1) is 4.91 Å². The monoisotopic (exact) mass is 248 g/mol. The van der Waals surface area contributed by atoms with Gasteiger partial charge in [0.05, 0.1) is 12.7 Å². The van der Waals surface area contributed by atoms with E-state index in [2.05, 4.69) is 10.1 Å². The molecule has 0 bridgehead atoms. The number of nitroso groups, excluding NO2 is 1. The van der Waals surface area contributed by atoms with E-state index in [-0.39, 0.29) is 11.8 Å². The first kappa shape index (κ1) is 12.9. The lowest BCUT2D eigenvalue weighted by Gasteiger charge is -2.31. The minimum absolute atomic E-state index is 0.198. The van der Waals surface area contributed by atoms with E-state index < -0.39 is 0 Å². The molecule has 1 fully saturated rings. The number of nitrogens with zero attached hydrogens (tertiary/aromatic N) is 2. The summed E-state index contributed by atoms with van der Waals surface area (Å²) in [6, 6.07) is 5.16. The summed E-state index contributed by atoms with van der Waals surface area (Å²) >= 11 is 0. The molecule has 0 N–H and O–H groups in total. The van der Waals surface area contributed by atoms with Gasteiger partial charge in [-0.3, -0.25) is 9.69 Å². The highest BCUT2D eigenvalue weighted by molar-refractivity contribution is 5.83. The lowest BCUT2D eigenvalue weighted by atomic mass is 10.1. The molecule has 1 aromatic rings. The lowest BCUT2D eigenvalue weighted by molar-refractivity contribution is -0.0212. The van der Waals surface area contributed by atoms with Gasteiger partial charge in [0.15, 0.2) is 6.29 Å². The van der Waals surface area contributed by atoms with Crippen molar-refractivity contribution in [2.45, 2.75) is 19.6 Å². The summed E-state index contributed by atoms with van der Waals surface area (Å²) in [5.41, 5.74) is 1.56. The molecule has 96 valence electrons. The van der Waals surface area contributed by atoms with Crippen LogP contribution in [-0.2, 0) is 11.3 Å². The first-order valence-corrected chi connectivity index (χ1v) is 5.98. The zero-order valence-electron chi connectivity index (χ0n) is 10.3. The van der Waals surface area contributed by atoms with Crippen LogP contribution in [0.15, 0.2) is 23.4 Å². The van der Waals surface area contributed by atoms with Gasteiger partial charge in [-0.2, -0.15) is 0 Å². The van der Waals surface area contributed by atoms with Crippen molar-refractivity contribution in [3.63, 3.8) is 0 Å². The van der Waals surface area contributed by atoms with E-state index in [0.29, 0.717) is 11.8 Å². The molecule has 1 heterocycles. The predicted octanol–water partition coefficient (Wildman–Crippen LogP) is 2.12. The fourth-order valence-corrected chi connectivity index (χ4v) is 2.17. The standard InChI is InChI=1S/C13H16N2O3/c1-10-7-15(4-5-18-10)8-11-2-3-13(14-17)12(6-11)9-16/h2-3,6,9-10H,4-5,7-8H2,1H3/t10-/m0/s1. The van der Waals surface area contributed by atoms with Crippen molar-refractivity contribution in [3.8, 4) is 0 Å². The van der Waals surface area contributed by atoms with Crippen LogP contribution in [0.4, 0.5) is 5.69 Å². The largest absolute Gasteiger partial charge is 0.376 e. The van der Waals surface area contributed by atoms with Crippen LogP contribution in [0.1, 0.15) is 22.8 Å². The molecular formula is C13H16N2O3. The summed E-state index contributed by atoms with van der Waals surface area (Å²) < 4.78 is 5.47. The molecule has 0 saturated carbocycles. The summed E-state index contributed by atoms with van der Waals surface area (Å²) in [5, 5.41) is 2.83. The van der Waals surface area contributed by atoms with Crippen LogP contribution < -0.4 is 0 Å². The van der Waals surface area contributed by atoms with Crippen molar-refractivity contribution >= 4 is 12.0 Å². The van der Waals surface area contributed by atoms with Gasteiger partial charge < -0.3 is 4.74 Å². The number of morpholine rings is 1. The molecule has 0 amide bonds. The first-order valence-electron chi connectivity index (χ1n) is 5.98. The average molecular weight is 248 g/mol. The van der Waals surface area contributed by atoms with E-state index >= 15 is 0 Å². The fraction of sp³-hybridized carbons (Fsp3) is 0.462. The first-order chi connectivity index (χ1) is 8.72. The smallest absolute Gasteiger partial charge is 0.152 e. The maximum absolute atomic E-state index is 10.9. The van der Waals surface area contributed by atoms with E-state index in [0.717, 1.165) is 31.8 Å². The van der Waals surface area contributed by atoms with Crippen molar-refractivity contribution in [2.75, 3.05) is 19.7 Å². The number of hydrogen-bond acceptors (Lipinski definition) is 5. The molecule has 1 saturated heterocycles. The van der Waals surface area contributed by atoms with Gasteiger partial charge in [0, 0.05) is 25.2 Å². The summed E-state index contributed by atoms with van der Waals surface area (Å²) in [4.78, 5) is 23.6. The Balaban J connectivity index is 2.09. The molecule has 1 atom stereocenters. The van der Waals surface area contributed by atoms with E-state index in [1.807, 2.05) is 13.0 Å². The maximum atomic E-state index is 10.9. The molecule has 5 heteroatoms. The van der Waals surface area contributed by atoms with Gasteiger partial charge >= 0.3 is 0 Å². The van der Waals surface area contributed by atoms with Gasteiger partial charge in [-0.15, -0.1) is 4.91 Å². The Morgan fingerprint density at radius 1 is 1.56 bits per heavy atom. The minimum atomic E-state index is 0.198. The number of benzene rings is 1. The van der Waals surface area contributed by atoms with Crippen LogP contribution in [0.5, 0.6) is 0 Å². The molecule has 0 radical (unpaired) electrons. The molecular weight excluding hydrogens is 232 g/mol. The molecule has 18 heavy (non-hydrogen) atoms. The molecule has 0 aliphatic carbocycles. The van der Waals surface area contributed by atoms with Crippen molar-refractivity contribution in [1.82, 2.24) is 4.90 Å². The summed E-state index contributed by atoms with van der Waals surface area (Å²) in [7, 11) is 0. The number of carbonyl (C=O) groups excluding carboxylic acids is 1. The lowest BCUT2D eigenvalue weighted by Crippen LogP contribution is -2.40. The minimum Gasteiger partial charge on any atom is -0.376 e. The third-order valence-corrected chi connectivity index (χ3v) is 3.05. The second-order valence-electron chi connectivity index (χ2n) is 4.52. The van der Waals surface area contributed by atoms with Crippen LogP contribution in [0.3, 0.4) is 0 Å². The van der Waals surface area contributed by atoms with Crippen LogP contribution in [-0.4, -0.2) is 37.0 Å². The summed E-state index contributed by atoms with van der Waals surface area (Å²) in [6.45, 7) is 5.30. The normalized spacial score (nSPS) is 20.6. The Hall–Kier alpha value is -1.59. The molecule has 1 aromatic carbocycles. The highest BCUT2D eigenvalue weighted by Crippen LogP contribution is 2.20. The Morgan fingerprint density at radius 2 is 2.39 bits per heavy atom. The van der Waals surface area contributed by atoms with E-state index in [1.165, 1.54) is 0 Å². The van der Waals surface area contributed by atoms with Crippen LogP contribution in [0.2, 0.25) is 0 Å². The van der Waals surface area contributed by atoms with E-state index in [4.69, 9.17) is 4.74 Å². The third-order valence-electron chi connectivity index (χ3n) is 3.05. The molecule has 0 spiro atoms. The molecule has 0 aromatic heterocycles. The number of rotatable bonds is 4. The van der Waals surface area contributed by atoms with Gasteiger partial charge in [-0.1, -0.05) is 6.07 Å². The Kier molecular flexibility index (Phi) is 4.17. The topological polar surface area (TPSA) is 59.0 Å². The highest BCUT2D eigenvalue weighted by Gasteiger charge is 2.17. The number of aldehydes is 1. The van der Waals surface area contributed by atoms with Crippen molar-refractivity contribution in [2.24, 2.45) is 5.18 Å².